The largest absolute Gasteiger partial charge is 0.427 e. The molecule has 0 fully saturated rings. The predicted octanol–water partition coefficient (Wildman–Crippen LogP) is 3.60. The van der Waals surface area contributed by atoms with Crippen LogP contribution >= 0.6 is 15.9 Å². The molecule has 0 bridgehead atoms. The van der Waals surface area contributed by atoms with Crippen molar-refractivity contribution in [2.24, 2.45) is 0 Å². The fourth-order valence-electron chi connectivity index (χ4n) is 2.54. The molecule has 0 aliphatic rings. The van der Waals surface area contributed by atoms with Crippen LogP contribution in [0.25, 0.3) is 16.5 Å². The van der Waals surface area contributed by atoms with Crippen LogP contribution in [0.4, 0.5) is 0 Å². The molecular weight excluding hydrogens is 402 g/mol. The lowest BCUT2D eigenvalue weighted by Crippen LogP contribution is -2.18. The number of pyridine rings is 1. The lowest BCUT2D eigenvalue weighted by molar-refractivity contribution is -0.132. The average molecular weight is 416 g/mol. The molecule has 0 radical (unpaired) electrons. The number of aromatic nitrogens is 1. The van der Waals surface area contributed by atoms with Crippen molar-refractivity contribution < 1.29 is 19.1 Å². The molecule has 0 atom stereocenters. The number of hydrogen-bond donors (Lipinski definition) is 0. The van der Waals surface area contributed by atoms with E-state index >= 15 is 0 Å². The Kier molecular flexibility index (Phi) is 4.90. The fourth-order valence-corrected chi connectivity index (χ4v) is 3.07. The Morgan fingerprint density at radius 1 is 0.885 bits per heavy atom. The van der Waals surface area contributed by atoms with Gasteiger partial charge in [0.25, 0.3) is 5.56 Å². The minimum Gasteiger partial charge on any atom is -0.427 e. The number of halogens is 1. The second-order valence-corrected chi connectivity index (χ2v) is 6.40. The third-order valence-corrected chi connectivity index (χ3v) is 4.21. The van der Waals surface area contributed by atoms with Crippen LogP contribution in [0, 0.1) is 0 Å². The summed E-state index contributed by atoms with van der Waals surface area (Å²) in [6, 6.07) is 11.4. The first-order valence-corrected chi connectivity index (χ1v) is 8.46. The minimum absolute atomic E-state index is 0.224. The van der Waals surface area contributed by atoms with E-state index in [4.69, 9.17) is 9.47 Å². The zero-order valence-corrected chi connectivity index (χ0v) is 15.6. The van der Waals surface area contributed by atoms with Gasteiger partial charge in [-0.1, -0.05) is 0 Å². The van der Waals surface area contributed by atoms with Crippen LogP contribution in [0.15, 0.2) is 57.9 Å². The maximum atomic E-state index is 12.8. The van der Waals surface area contributed by atoms with Crippen LogP contribution in [-0.4, -0.2) is 16.5 Å². The number of ether oxygens (including phenoxy) is 2. The first-order valence-electron chi connectivity index (χ1n) is 7.67. The summed E-state index contributed by atoms with van der Waals surface area (Å²) < 4.78 is 12.2. The van der Waals surface area contributed by atoms with E-state index in [-0.39, 0.29) is 5.56 Å². The Morgan fingerprint density at radius 3 is 2.08 bits per heavy atom. The van der Waals surface area contributed by atoms with Gasteiger partial charge in [-0.25, -0.2) is 0 Å². The number of hydrogen-bond acceptors (Lipinski definition) is 5. The highest BCUT2D eigenvalue weighted by Crippen LogP contribution is 2.27. The Hall–Kier alpha value is -2.93. The summed E-state index contributed by atoms with van der Waals surface area (Å²) in [6.45, 7) is 2.64. The molecule has 0 unspecified atom stereocenters. The normalized spacial score (nSPS) is 10.6. The molecule has 6 nitrogen and oxygen atoms in total. The van der Waals surface area contributed by atoms with E-state index in [2.05, 4.69) is 15.9 Å². The number of carbonyl (C=O) groups is 2. The van der Waals surface area contributed by atoms with Gasteiger partial charge in [-0.05, 0) is 58.4 Å². The van der Waals surface area contributed by atoms with Crippen molar-refractivity contribution in [2.75, 3.05) is 0 Å². The van der Waals surface area contributed by atoms with Crippen molar-refractivity contribution in [1.82, 2.24) is 4.57 Å². The molecule has 0 saturated carbocycles. The van der Waals surface area contributed by atoms with Crippen molar-refractivity contribution in [2.45, 2.75) is 13.8 Å². The molecule has 0 aliphatic carbocycles. The maximum Gasteiger partial charge on any atom is 0.308 e. The predicted molar refractivity (Wildman–Crippen MR) is 99.9 cm³/mol. The summed E-state index contributed by atoms with van der Waals surface area (Å²) >= 11 is 3.46. The van der Waals surface area contributed by atoms with E-state index in [0.717, 1.165) is 0 Å². The molecule has 3 rings (SSSR count). The molecule has 1 heterocycles. The van der Waals surface area contributed by atoms with Crippen LogP contribution in [0.5, 0.6) is 11.5 Å². The first-order chi connectivity index (χ1) is 12.3. The van der Waals surface area contributed by atoms with Gasteiger partial charge in [0, 0.05) is 41.0 Å². The summed E-state index contributed by atoms with van der Waals surface area (Å²) in [5, 5.41) is 1.11. The maximum absolute atomic E-state index is 12.8. The molecule has 26 heavy (non-hydrogen) atoms. The molecule has 132 valence electrons. The minimum atomic E-state index is -0.429. The van der Waals surface area contributed by atoms with Crippen molar-refractivity contribution >= 4 is 38.6 Å². The van der Waals surface area contributed by atoms with Gasteiger partial charge < -0.3 is 9.47 Å². The molecule has 0 spiro atoms. The SMILES string of the molecule is CC(=O)Oc1ccc(-n2cc(Br)c3cc(OC(C)=O)ccc3c2=O)cc1. The molecule has 0 amide bonds. The van der Waals surface area contributed by atoms with E-state index in [1.54, 1.807) is 48.7 Å². The first kappa shape index (κ1) is 17.9. The highest BCUT2D eigenvalue weighted by Gasteiger charge is 2.11. The van der Waals surface area contributed by atoms with Gasteiger partial charge in [0.1, 0.15) is 11.5 Å². The highest BCUT2D eigenvalue weighted by atomic mass is 79.9. The molecule has 3 aromatic rings. The summed E-state index contributed by atoms with van der Waals surface area (Å²) in [5.74, 6) is -0.0672. The monoisotopic (exact) mass is 415 g/mol. The van der Waals surface area contributed by atoms with Crippen LogP contribution in [-0.2, 0) is 9.59 Å². The second kappa shape index (κ2) is 7.13. The van der Waals surface area contributed by atoms with Crippen molar-refractivity contribution in [3.8, 4) is 17.2 Å². The summed E-state index contributed by atoms with van der Waals surface area (Å²) in [7, 11) is 0. The number of fused-ring (bicyclic) bond motifs is 1. The Labute approximate surface area is 157 Å². The fraction of sp³-hybridized carbons (Fsp3) is 0.105. The third kappa shape index (κ3) is 3.67. The van der Waals surface area contributed by atoms with Gasteiger partial charge in [0.2, 0.25) is 0 Å². The van der Waals surface area contributed by atoms with E-state index < -0.39 is 11.9 Å². The second-order valence-electron chi connectivity index (χ2n) is 5.54. The zero-order valence-electron chi connectivity index (χ0n) is 14.0. The zero-order chi connectivity index (χ0) is 18.8. The van der Waals surface area contributed by atoms with Gasteiger partial charge in [0.15, 0.2) is 0 Å². The molecule has 0 aliphatic heterocycles. The number of nitrogens with zero attached hydrogens (tertiary/aromatic N) is 1. The topological polar surface area (TPSA) is 74.6 Å². The quantitative estimate of drug-likeness (QED) is 0.482. The van der Waals surface area contributed by atoms with Crippen molar-refractivity contribution in [3.63, 3.8) is 0 Å². The number of carbonyl (C=O) groups excluding carboxylic acids is 2. The smallest absolute Gasteiger partial charge is 0.308 e. The molecule has 2 aromatic carbocycles. The van der Waals surface area contributed by atoms with Gasteiger partial charge in [-0.2, -0.15) is 0 Å². The average Bonchev–Trinajstić information content (AvgIpc) is 2.58. The number of rotatable bonds is 3. The van der Waals surface area contributed by atoms with Gasteiger partial charge in [-0.15, -0.1) is 0 Å². The Morgan fingerprint density at radius 2 is 1.46 bits per heavy atom. The molecule has 7 heteroatoms. The van der Waals surface area contributed by atoms with E-state index in [9.17, 15) is 14.4 Å². The number of benzene rings is 2. The van der Waals surface area contributed by atoms with E-state index in [0.29, 0.717) is 32.4 Å². The Balaban J connectivity index is 2.07. The van der Waals surface area contributed by atoms with Crippen LogP contribution in [0.1, 0.15) is 13.8 Å². The van der Waals surface area contributed by atoms with E-state index in [1.165, 1.54) is 18.4 Å². The van der Waals surface area contributed by atoms with Crippen molar-refractivity contribution in [3.05, 3.63) is 63.5 Å². The van der Waals surface area contributed by atoms with E-state index in [1.807, 2.05) is 0 Å². The van der Waals surface area contributed by atoms with Gasteiger partial charge >= 0.3 is 11.9 Å². The highest BCUT2D eigenvalue weighted by molar-refractivity contribution is 9.10. The van der Waals surface area contributed by atoms with Crippen molar-refractivity contribution in [1.29, 1.82) is 0 Å². The number of esters is 2. The summed E-state index contributed by atoms with van der Waals surface area (Å²) in [6.07, 6.45) is 1.64. The standard InChI is InChI=1S/C19H14BrNO5/c1-11(22)25-14-5-3-13(4-6-14)21-10-18(20)17-9-15(26-12(2)23)7-8-16(17)19(21)24/h3-10H,1-2H3. The Bertz CT molecular complexity index is 1070. The lowest BCUT2D eigenvalue weighted by atomic mass is 10.1. The molecular formula is C19H14BrNO5. The lowest BCUT2D eigenvalue weighted by Gasteiger charge is -2.11. The van der Waals surface area contributed by atoms with Gasteiger partial charge in [-0.3, -0.25) is 19.0 Å². The molecule has 0 saturated heterocycles. The third-order valence-electron chi connectivity index (χ3n) is 3.58. The summed E-state index contributed by atoms with van der Waals surface area (Å²) in [5.41, 5.74) is 0.398. The summed E-state index contributed by atoms with van der Waals surface area (Å²) in [4.78, 5) is 34.9. The molecule has 0 N–H and O–H groups in total. The van der Waals surface area contributed by atoms with Crippen LogP contribution in [0.3, 0.4) is 0 Å². The van der Waals surface area contributed by atoms with Crippen LogP contribution in [0.2, 0.25) is 0 Å². The molecule has 1 aromatic heterocycles. The van der Waals surface area contributed by atoms with Crippen LogP contribution < -0.4 is 15.0 Å². The van der Waals surface area contributed by atoms with Gasteiger partial charge in [0.05, 0.1) is 0 Å².